The number of sulfonamides is 1. The number of rotatable bonds is 5. The van der Waals surface area contributed by atoms with Crippen LogP contribution in [0.2, 0.25) is 5.02 Å². The minimum atomic E-state index is -3.81. The second kappa shape index (κ2) is 8.74. The maximum absolute atomic E-state index is 12.9. The van der Waals surface area contributed by atoms with E-state index < -0.39 is 21.4 Å². The first-order valence-electron chi connectivity index (χ1n) is 10.5. The van der Waals surface area contributed by atoms with Crippen LogP contribution in [0.25, 0.3) is 11.0 Å². The molecule has 1 heterocycles. The molecule has 0 bridgehead atoms. The molecule has 0 amide bonds. The lowest BCUT2D eigenvalue weighted by Crippen LogP contribution is -2.16. The number of hydrogen-bond donors (Lipinski definition) is 1. The van der Waals surface area contributed by atoms with Crippen molar-refractivity contribution in [3.05, 3.63) is 105 Å². The van der Waals surface area contributed by atoms with Gasteiger partial charge in [-0.1, -0.05) is 44.5 Å². The molecule has 0 spiro atoms. The van der Waals surface area contributed by atoms with Gasteiger partial charge < -0.3 is 4.42 Å². The van der Waals surface area contributed by atoms with Gasteiger partial charge in [0.1, 0.15) is 11.1 Å². The van der Waals surface area contributed by atoms with Gasteiger partial charge in [-0.15, -0.1) is 0 Å². The fraction of sp³-hybridized carbons (Fsp3) is 0.154. The molecule has 3 aromatic carbocycles. The highest BCUT2D eigenvalue weighted by Crippen LogP contribution is 2.25. The Morgan fingerprint density at radius 1 is 0.912 bits per heavy atom. The highest BCUT2D eigenvalue weighted by atomic mass is 35.5. The van der Waals surface area contributed by atoms with Crippen molar-refractivity contribution in [3.63, 3.8) is 0 Å². The Hall–Kier alpha value is -3.42. The molecule has 0 fully saturated rings. The van der Waals surface area contributed by atoms with E-state index in [4.69, 9.17) is 16.0 Å². The standard InChI is InChI=1S/C26H22ClNO5S/c1-26(2,3)18-6-11-21(12-7-18)34(31,32)28-20-9-4-16(5-10-20)24(29)22-15-17-14-19(27)8-13-23(17)33-25(22)30/h4-15,28H,1-3H3. The smallest absolute Gasteiger partial charge is 0.347 e. The zero-order chi connectivity index (χ0) is 24.7. The average molecular weight is 496 g/mol. The van der Waals surface area contributed by atoms with Gasteiger partial charge in [0.05, 0.1) is 4.90 Å². The maximum atomic E-state index is 12.9. The highest BCUT2D eigenvalue weighted by molar-refractivity contribution is 7.92. The van der Waals surface area contributed by atoms with Gasteiger partial charge in [0, 0.05) is 21.7 Å². The SMILES string of the molecule is CC(C)(C)c1ccc(S(=O)(=O)Nc2ccc(C(=O)c3cc4cc(Cl)ccc4oc3=O)cc2)cc1. The molecule has 6 nitrogen and oxygen atoms in total. The van der Waals surface area contributed by atoms with E-state index in [1.807, 2.05) is 0 Å². The highest BCUT2D eigenvalue weighted by Gasteiger charge is 2.19. The predicted molar refractivity (Wildman–Crippen MR) is 133 cm³/mol. The van der Waals surface area contributed by atoms with Crippen molar-refractivity contribution in [1.29, 1.82) is 0 Å². The van der Waals surface area contributed by atoms with Crippen LogP contribution in [0.5, 0.6) is 0 Å². The molecule has 1 aromatic heterocycles. The zero-order valence-electron chi connectivity index (χ0n) is 18.8. The predicted octanol–water partition coefficient (Wildman–Crippen LogP) is 5.78. The maximum Gasteiger partial charge on any atom is 0.347 e. The number of anilines is 1. The summed E-state index contributed by atoms with van der Waals surface area (Å²) in [5.74, 6) is -0.539. The van der Waals surface area contributed by atoms with Crippen LogP contribution in [-0.2, 0) is 15.4 Å². The fourth-order valence-electron chi connectivity index (χ4n) is 3.45. The van der Waals surface area contributed by atoms with E-state index in [1.165, 1.54) is 30.3 Å². The summed E-state index contributed by atoms with van der Waals surface area (Å²) in [6.45, 7) is 6.15. The van der Waals surface area contributed by atoms with Crippen LogP contribution in [0.4, 0.5) is 5.69 Å². The summed E-state index contributed by atoms with van der Waals surface area (Å²) in [4.78, 5) is 25.3. The lowest BCUT2D eigenvalue weighted by Gasteiger charge is -2.19. The molecule has 0 atom stereocenters. The number of hydrogen-bond acceptors (Lipinski definition) is 5. The monoisotopic (exact) mass is 495 g/mol. The first-order chi connectivity index (χ1) is 15.9. The molecule has 0 unspecified atom stereocenters. The Balaban J connectivity index is 1.56. The van der Waals surface area contributed by atoms with Crippen LogP contribution in [-0.4, -0.2) is 14.2 Å². The van der Waals surface area contributed by atoms with Gasteiger partial charge in [0.25, 0.3) is 10.0 Å². The fourth-order valence-corrected chi connectivity index (χ4v) is 4.69. The number of ketones is 1. The van der Waals surface area contributed by atoms with Crippen molar-refractivity contribution >= 4 is 44.1 Å². The molecule has 0 radical (unpaired) electrons. The van der Waals surface area contributed by atoms with Crippen LogP contribution >= 0.6 is 11.6 Å². The third-order valence-electron chi connectivity index (χ3n) is 5.37. The summed E-state index contributed by atoms with van der Waals surface area (Å²) in [6.07, 6.45) is 0. The number of halogens is 1. The number of nitrogens with one attached hydrogen (secondary N) is 1. The van der Waals surface area contributed by atoms with Crippen molar-refractivity contribution in [3.8, 4) is 0 Å². The van der Waals surface area contributed by atoms with E-state index in [1.54, 1.807) is 42.5 Å². The Morgan fingerprint density at radius 2 is 1.56 bits per heavy atom. The van der Waals surface area contributed by atoms with E-state index in [-0.39, 0.29) is 27.1 Å². The lowest BCUT2D eigenvalue weighted by atomic mass is 9.87. The molecular formula is C26H22ClNO5S. The van der Waals surface area contributed by atoms with E-state index in [9.17, 15) is 18.0 Å². The van der Waals surface area contributed by atoms with Crippen LogP contribution in [0.3, 0.4) is 0 Å². The number of benzene rings is 3. The van der Waals surface area contributed by atoms with Gasteiger partial charge in [0.15, 0.2) is 5.78 Å². The van der Waals surface area contributed by atoms with E-state index in [0.717, 1.165) is 5.56 Å². The van der Waals surface area contributed by atoms with Gasteiger partial charge in [-0.05, 0) is 71.6 Å². The second-order valence-corrected chi connectivity index (χ2v) is 11.0. The summed E-state index contributed by atoms with van der Waals surface area (Å²) in [5, 5.41) is 0.974. The van der Waals surface area contributed by atoms with E-state index in [2.05, 4.69) is 25.5 Å². The van der Waals surface area contributed by atoms with Crippen LogP contribution in [0.1, 0.15) is 42.3 Å². The molecule has 34 heavy (non-hydrogen) atoms. The second-order valence-electron chi connectivity index (χ2n) is 8.92. The van der Waals surface area contributed by atoms with E-state index in [0.29, 0.717) is 16.0 Å². The van der Waals surface area contributed by atoms with Crippen molar-refractivity contribution in [2.24, 2.45) is 0 Å². The van der Waals surface area contributed by atoms with Gasteiger partial charge in [-0.2, -0.15) is 0 Å². The Kier molecular flexibility index (Phi) is 6.10. The average Bonchev–Trinajstić information content (AvgIpc) is 2.78. The number of fused-ring (bicyclic) bond motifs is 1. The number of carbonyl (C=O) groups excluding carboxylic acids is 1. The topological polar surface area (TPSA) is 93.4 Å². The molecule has 0 saturated heterocycles. The largest absolute Gasteiger partial charge is 0.422 e. The Morgan fingerprint density at radius 3 is 2.18 bits per heavy atom. The van der Waals surface area contributed by atoms with Gasteiger partial charge in [-0.25, -0.2) is 13.2 Å². The van der Waals surface area contributed by atoms with Crippen LogP contribution in [0, 0.1) is 0 Å². The third kappa shape index (κ3) is 4.90. The van der Waals surface area contributed by atoms with Crippen LogP contribution in [0.15, 0.2) is 86.9 Å². The van der Waals surface area contributed by atoms with Crippen molar-refractivity contribution < 1.29 is 17.6 Å². The first-order valence-corrected chi connectivity index (χ1v) is 12.3. The first kappa shape index (κ1) is 23.7. The zero-order valence-corrected chi connectivity index (χ0v) is 20.3. The summed E-state index contributed by atoms with van der Waals surface area (Å²) < 4.78 is 33.3. The van der Waals surface area contributed by atoms with E-state index >= 15 is 0 Å². The molecule has 174 valence electrons. The summed E-state index contributed by atoms with van der Waals surface area (Å²) in [7, 11) is -3.81. The number of carbonyl (C=O) groups is 1. The molecule has 0 aliphatic rings. The minimum absolute atomic E-state index is 0.0906. The third-order valence-corrected chi connectivity index (χ3v) is 7.00. The molecule has 0 aliphatic heterocycles. The van der Waals surface area contributed by atoms with Gasteiger partial charge in [0.2, 0.25) is 0 Å². The molecule has 0 aliphatic carbocycles. The lowest BCUT2D eigenvalue weighted by molar-refractivity contribution is 0.103. The quantitative estimate of drug-likeness (QED) is 0.280. The van der Waals surface area contributed by atoms with Crippen molar-refractivity contribution in [2.75, 3.05) is 4.72 Å². The van der Waals surface area contributed by atoms with Gasteiger partial charge >= 0.3 is 5.63 Å². The molecule has 8 heteroatoms. The Labute approximate surface area is 202 Å². The van der Waals surface area contributed by atoms with Crippen molar-refractivity contribution in [1.82, 2.24) is 0 Å². The van der Waals surface area contributed by atoms with Gasteiger partial charge in [-0.3, -0.25) is 9.52 Å². The molecular weight excluding hydrogens is 474 g/mol. The summed E-state index contributed by atoms with van der Waals surface area (Å²) in [5.41, 5.74) is 0.860. The van der Waals surface area contributed by atoms with Crippen molar-refractivity contribution in [2.45, 2.75) is 31.1 Å². The summed E-state index contributed by atoms with van der Waals surface area (Å²) in [6, 6.07) is 18.7. The molecule has 1 N–H and O–H groups in total. The summed E-state index contributed by atoms with van der Waals surface area (Å²) >= 11 is 5.99. The molecule has 0 saturated carbocycles. The van der Waals surface area contributed by atoms with Crippen LogP contribution < -0.4 is 10.3 Å². The minimum Gasteiger partial charge on any atom is -0.422 e. The Bertz CT molecular complexity index is 1550. The normalized spacial score (nSPS) is 12.0. The molecule has 4 aromatic rings. The molecule has 4 rings (SSSR count).